The summed E-state index contributed by atoms with van der Waals surface area (Å²) in [5, 5.41) is 8.16. The highest BCUT2D eigenvalue weighted by atomic mass is 15.4. The summed E-state index contributed by atoms with van der Waals surface area (Å²) in [7, 11) is 1.90. The first-order valence-electron chi connectivity index (χ1n) is 7.08. The normalized spacial score (nSPS) is 20.2. The Labute approximate surface area is 118 Å². The van der Waals surface area contributed by atoms with E-state index in [2.05, 4.69) is 25.2 Å². The molecule has 1 aliphatic rings. The van der Waals surface area contributed by atoms with E-state index in [1.165, 1.54) is 18.5 Å². The maximum Gasteiger partial charge on any atom is 0.125 e. The van der Waals surface area contributed by atoms with Crippen LogP contribution in [0.2, 0.25) is 0 Å². The van der Waals surface area contributed by atoms with Crippen LogP contribution in [0.5, 0.6) is 0 Å². The number of nitrogens with zero attached hydrogens (tertiary/aromatic N) is 6. The second-order valence-corrected chi connectivity index (χ2v) is 5.49. The van der Waals surface area contributed by atoms with Crippen molar-refractivity contribution in [2.24, 2.45) is 7.05 Å². The Morgan fingerprint density at radius 3 is 3.05 bits per heavy atom. The van der Waals surface area contributed by atoms with Crippen LogP contribution in [0.4, 0.5) is 0 Å². The number of hydrogen-bond donors (Lipinski definition) is 0. The Morgan fingerprint density at radius 2 is 2.30 bits per heavy atom. The molecule has 6 heteroatoms. The van der Waals surface area contributed by atoms with E-state index in [4.69, 9.17) is 0 Å². The van der Waals surface area contributed by atoms with Gasteiger partial charge in [-0.3, -0.25) is 9.58 Å². The molecule has 1 atom stereocenters. The highest BCUT2D eigenvalue weighted by molar-refractivity contribution is 5.10. The van der Waals surface area contributed by atoms with Crippen molar-refractivity contribution in [3.8, 4) is 0 Å². The van der Waals surface area contributed by atoms with Gasteiger partial charge in [-0.2, -0.15) is 0 Å². The average Bonchev–Trinajstić information content (AvgIpc) is 2.84. The molecule has 3 heterocycles. The lowest BCUT2D eigenvalue weighted by Gasteiger charge is -2.31. The lowest BCUT2D eigenvalue weighted by atomic mass is 9.94. The molecule has 3 rings (SSSR count). The maximum atomic E-state index is 4.57. The van der Waals surface area contributed by atoms with E-state index in [0.717, 1.165) is 31.2 Å². The third kappa shape index (κ3) is 3.01. The van der Waals surface area contributed by atoms with Crippen molar-refractivity contribution in [1.29, 1.82) is 0 Å². The lowest BCUT2D eigenvalue weighted by Crippen LogP contribution is -2.34. The molecule has 20 heavy (non-hydrogen) atoms. The van der Waals surface area contributed by atoms with Gasteiger partial charge in [-0.1, -0.05) is 5.21 Å². The SMILES string of the molecule is Cc1nccc(C2CCCN(Cc3cn(C)nn3)C2)n1. The fourth-order valence-corrected chi connectivity index (χ4v) is 2.84. The monoisotopic (exact) mass is 272 g/mol. The van der Waals surface area contributed by atoms with E-state index in [1.807, 2.05) is 32.4 Å². The molecule has 1 unspecified atom stereocenters. The third-order valence-electron chi connectivity index (χ3n) is 3.76. The number of aryl methyl sites for hydroxylation is 2. The van der Waals surface area contributed by atoms with Crippen LogP contribution in [0.1, 0.15) is 36.0 Å². The van der Waals surface area contributed by atoms with Gasteiger partial charge in [0.25, 0.3) is 0 Å². The predicted octanol–water partition coefficient (Wildman–Crippen LogP) is 1.29. The van der Waals surface area contributed by atoms with Gasteiger partial charge >= 0.3 is 0 Å². The van der Waals surface area contributed by atoms with Gasteiger partial charge in [-0.25, -0.2) is 9.97 Å². The van der Waals surface area contributed by atoms with Gasteiger partial charge in [-0.15, -0.1) is 5.10 Å². The van der Waals surface area contributed by atoms with E-state index >= 15 is 0 Å². The van der Waals surface area contributed by atoms with Crippen molar-refractivity contribution < 1.29 is 0 Å². The summed E-state index contributed by atoms with van der Waals surface area (Å²) in [4.78, 5) is 11.2. The van der Waals surface area contributed by atoms with Crippen molar-refractivity contribution in [2.75, 3.05) is 13.1 Å². The van der Waals surface area contributed by atoms with Gasteiger partial charge in [0.1, 0.15) is 5.82 Å². The second-order valence-electron chi connectivity index (χ2n) is 5.49. The Balaban J connectivity index is 1.67. The molecule has 0 saturated carbocycles. The summed E-state index contributed by atoms with van der Waals surface area (Å²) in [6, 6.07) is 2.05. The van der Waals surface area contributed by atoms with Crippen LogP contribution in [0, 0.1) is 6.92 Å². The molecule has 1 saturated heterocycles. The highest BCUT2D eigenvalue weighted by Gasteiger charge is 2.23. The first-order chi connectivity index (χ1) is 9.70. The molecule has 106 valence electrons. The lowest BCUT2D eigenvalue weighted by molar-refractivity contribution is 0.196. The van der Waals surface area contributed by atoms with E-state index in [-0.39, 0.29) is 0 Å². The first-order valence-corrected chi connectivity index (χ1v) is 7.08. The molecular formula is C14H20N6. The van der Waals surface area contributed by atoms with Crippen molar-refractivity contribution in [2.45, 2.75) is 32.2 Å². The summed E-state index contributed by atoms with van der Waals surface area (Å²) >= 11 is 0. The van der Waals surface area contributed by atoms with Crippen LogP contribution in [0.3, 0.4) is 0 Å². The Bertz CT molecular complexity index is 579. The zero-order valence-electron chi connectivity index (χ0n) is 12.0. The van der Waals surface area contributed by atoms with Crippen LogP contribution in [-0.2, 0) is 13.6 Å². The molecule has 6 nitrogen and oxygen atoms in total. The van der Waals surface area contributed by atoms with Gasteiger partial charge in [0.15, 0.2) is 0 Å². The van der Waals surface area contributed by atoms with Gasteiger partial charge in [0.05, 0.1) is 5.69 Å². The number of piperidine rings is 1. The van der Waals surface area contributed by atoms with Crippen LogP contribution in [-0.4, -0.2) is 43.0 Å². The standard InChI is InChI=1S/C14H20N6/c1-11-15-6-5-14(16-11)12-4-3-7-20(8-12)10-13-9-19(2)18-17-13/h5-6,9,12H,3-4,7-8,10H2,1-2H3. The molecule has 2 aromatic rings. The van der Waals surface area contributed by atoms with Crippen LogP contribution < -0.4 is 0 Å². The van der Waals surface area contributed by atoms with Crippen LogP contribution in [0.25, 0.3) is 0 Å². The smallest absolute Gasteiger partial charge is 0.125 e. The molecule has 0 aromatic carbocycles. The fraction of sp³-hybridized carbons (Fsp3) is 0.571. The summed E-state index contributed by atoms with van der Waals surface area (Å²) < 4.78 is 1.75. The van der Waals surface area contributed by atoms with E-state index < -0.39 is 0 Å². The topological polar surface area (TPSA) is 59.7 Å². The summed E-state index contributed by atoms with van der Waals surface area (Å²) in [5.74, 6) is 1.36. The molecule has 1 aliphatic heterocycles. The molecule has 0 spiro atoms. The summed E-state index contributed by atoms with van der Waals surface area (Å²) in [5.41, 5.74) is 2.20. The van der Waals surface area contributed by atoms with Gasteiger partial charge in [-0.05, 0) is 32.4 Å². The predicted molar refractivity (Wildman–Crippen MR) is 75.0 cm³/mol. The largest absolute Gasteiger partial charge is 0.297 e. The van der Waals surface area contributed by atoms with Gasteiger partial charge in [0.2, 0.25) is 0 Å². The second kappa shape index (κ2) is 5.66. The minimum atomic E-state index is 0.502. The summed E-state index contributed by atoms with van der Waals surface area (Å²) in [6.07, 6.45) is 6.25. The molecule has 2 aromatic heterocycles. The Hall–Kier alpha value is -1.82. The zero-order chi connectivity index (χ0) is 13.9. The number of hydrogen-bond acceptors (Lipinski definition) is 5. The molecule has 0 N–H and O–H groups in total. The van der Waals surface area contributed by atoms with Crippen molar-refractivity contribution in [3.05, 3.63) is 35.7 Å². The first kappa shape index (κ1) is 13.2. The van der Waals surface area contributed by atoms with Crippen molar-refractivity contribution in [3.63, 3.8) is 0 Å². The minimum Gasteiger partial charge on any atom is -0.297 e. The van der Waals surface area contributed by atoms with Crippen molar-refractivity contribution >= 4 is 0 Å². The zero-order valence-corrected chi connectivity index (χ0v) is 12.0. The van der Waals surface area contributed by atoms with Crippen LogP contribution in [0.15, 0.2) is 18.5 Å². The van der Waals surface area contributed by atoms with E-state index in [1.54, 1.807) is 4.68 Å². The maximum absolute atomic E-state index is 4.57. The summed E-state index contributed by atoms with van der Waals surface area (Å²) in [6.45, 7) is 4.97. The molecule has 1 fully saturated rings. The quantitative estimate of drug-likeness (QED) is 0.842. The Morgan fingerprint density at radius 1 is 1.40 bits per heavy atom. The fourth-order valence-electron chi connectivity index (χ4n) is 2.84. The Kier molecular flexibility index (Phi) is 3.73. The van der Waals surface area contributed by atoms with Crippen molar-refractivity contribution in [1.82, 2.24) is 29.9 Å². The van der Waals surface area contributed by atoms with Gasteiger partial charge in [0, 0.05) is 44.1 Å². The number of rotatable bonds is 3. The molecule has 0 radical (unpaired) electrons. The highest BCUT2D eigenvalue weighted by Crippen LogP contribution is 2.26. The molecule has 0 bridgehead atoms. The average molecular weight is 272 g/mol. The minimum absolute atomic E-state index is 0.502. The number of aromatic nitrogens is 5. The molecule has 0 aliphatic carbocycles. The molecule has 0 amide bonds. The van der Waals surface area contributed by atoms with Crippen LogP contribution >= 0.6 is 0 Å². The van der Waals surface area contributed by atoms with E-state index in [0.29, 0.717) is 5.92 Å². The molecular weight excluding hydrogens is 252 g/mol. The van der Waals surface area contributed by atoms with E-state index in [9.17, 15) is 0 Å². The third-order valence-corrected chi connectivity index (χ3v) is 3.76. The van der Waals surface area contributed by atoms with Gasteiger partial charge < -0.3 is 0 Å². The number of likely N-dealkylation sites (tertiary alicyclic amines) is 1.